The van der Waals surface area contributed by atoms with Gasteiger partial charge in [-0.05, 0) is 73.0 Å². The summed E-state index contributed by atoms with van der Waals surface area (Å²) >= 11 is 0. The number of benzene rings is 1. The number of hydrogen-bond acceptors (Lipinski definition) is 2. The summed E-state index contributed by atoms with van der Waals surface area (Å²) in [5.41, 5.74) is 1.87. The Bertz CT molecular complexity index is 596. The molecule has 2 N–H and O–H groups in total. The summed E-state index contributed by atoms with van der Waals surface area (Å²) in [4.78, 5) is 0. The molecule has 0 atom stereocenters. The molecule has 0 spiro atoms. The first-order valence-electron chi connectivity index (χ1n) is 12.0. The Morgan fingerprint density at radius 2 is 1.39 bits per heavy atom. The van der Waals surface area contributed by atoms with Crippen molar-refractivity contribution >= 4 is 0 Å². The molecule has 3 rings (SSSR count). The highest BCUT2D eigenvalue weighted by Gasteiger charge is 2.32. The number of rotatable bonds is 7. The molecular weight excluding hydrogens is 344 g/mol. The van der Waals surface area contributed by atoms with Gasteiger partial charge in [0.2, 0.25) is 0 Å². The third-order valence-corrected chi connectivity index (χ3v) is 7.82. The third kappa shape index (κ3) is 5.05. The molecule has 2 aliphatic rings. The van der Waals surface area contributed by atoms with Crippen molar-refractivity contribution in [2.45, 2.75) is 116 Å². The van der Waals surface area contributed by atoms with Crippen LogP contribution in [0.3, 0.4) is 0 Å². The molecular formula is C26H42O2. The van der Waals surface area contributed by atoms with Gasteiger partial charge in [-0.2, -0.15) is 0 Å². The minimum Gasteiger partial charge on any atom is -0.508 e. The van der Waals surface area contributed by atoms with Gasteiger partial charge >= 0.3 is 0 Å². The second kappa shape index (κ2) is 9.55. The van der Waals surface area contributed by atoms with Crippen molar-refractivity contribution < 1.29 is 10.2 Å². The number of phenolic OH excluding ortho intramolecular Hbond substituents is 2. The molecule has 0 aliphatic heterocycles. The lowest BCUT2D eigenvalue weighted by Gasteiger charge is -2.36. The summed E-state index contributed by atoms with van der Waals surface area (Å²) in [5.74, 6) is 2.76. The largest absolute Gasteiger partial charge is 0.508 e. The first kappa shape index (κ1) is 21.5. The molecule has 2 fully saturated rings. The second-order valence-corrected chi connectivity index (χ2v) is 10.3. The lowest BCUT2D eigenvalue weighted by molar-refractivity contribution is 0.184. The van der Waals surface area contributed by atoms with Crippen molar-refractivity contribution in [2.24, 2.45) is 11.8 Å². The van der Waals surface area contributed by atoms with Gasteiger partial charge < -0.3 is 10.2 Å². The molecule has 28 heavy (non-hydrogen) atoms. The zero-order chi connectivity index (χ0) is 20.1. The van der Waals surface area contributed by atoms with Crippen LogP contribution in [0.25, 0.3) is 0 Å². The number of phenols is 2. The zero-order valence-corrected chi connectivity index (χ0v) is 18.5. The Kier molecular flexibility index (Phi) is 7.34. The van der Waals surface area contributed by atoms with Gasteiger partial charge in [-0.15, -0.1) is 0 Å². The molecule has 2 aliphatic carbocycles. The molecule has 0 radical (unpaired) electrons. The van der Waals surface area contributed by atoms with Crippen LogP contribution < -0.4 is 0 Å². The van der Waals surface area contributed by atoms with Crippen LogP contribution in [0, 0.1) is 11.8 Å². The fourth-order valence-corrected chi connectivity index (χ4v) is 5.88. The molecule has 0 saturated heterocycles. The topological polar surface area (TPSA) is 40.5 Å². The smallest absolute Gasteiger partial charge is 0.123 e. The van der Waals surface area contributed by atoms with Crippen LogP contribution in [0.2, 0.25) is 0 Å². The van der Waals surface area contributed by atoms with Crippen molar-refractivity contribution in [3.8, 4) is 11.5 Å². The van der Waals surface area contributed by atoms with Crippen LogP contribution in [0.1, 0.15) is 121 Å². The molecule has 0 aromatic heterocycles. The standard InChI is InChI=1S/C26H42O2/c1-4-5-9-16-26(2,3)22-17-23(27)25(24(28)18-22)21-14-12-20(13-15-21)19-10-7-6-8-11-19/h17-21,27-28H,4-16H2,1-3H3. The first-order valence-corrected chi connectivity index (χ1v) is 12.0. The Morgan fingerprint density at radius 1 is 0.821 bits per heavy atom. The fourth-order valence-electron chi connectivity index (χ4n) is 5.88. The van der Waals surface area contributed by atoms with Gasteiger partial charge in [-0.25, -0.2) is 0 Å². The second-order valence-electron chi connectivity index (χ2n) is 10.3. The predicted octanol–water partition coefficient (Wildman–Crippen LogP) is 7.81. The van der Waals surface area contributed by atoms with Crippen LogP contribution in [0.4, 0.5) is 0 Å². The van der Waals surface area contributed by atoms with Gasteiger partial charge in [0.15, 0.2) is 0 Å². The highest BCUT2D eigenvalue weighted by atomic mass is 16.3. The van der Waals surface area contributed by atoms with Crippen molar-refractivity contribution in [3.63, 3.8) is 0 Å². The molecule has 2 nitrogen and oxygen atoms in total. The SMILES string of the molecule is CCCCCC(C)(C)c1cc(O)c(C2CCC(C3CCCCC3)CC2)c(O)c1. The number of unbranched alkanes of at least 4 members (excludes halogenated alkanes) is 2. The van der Waals surface area contributed by atoms with Gasteiger partial charge in [0, 0.05) is 5.56 Å². The lowest BCUT2D eigenvalue weighted by atomic mass is 9.69. The highest BCUT2D eigenvalue weighted by Crippen LogP contribution is 2.48. The van der Waals surface area contributed by atoms with Gasteiger partial charge in [0.05, 0.1) is 0 Å². The van der Waals surface area contributed by atoms with Gasteiger partial charge in [-0.1, -0.05) is 72.1 Å². The molecule has 2 heteroatoms. The molecule has 0 unspecified atom stereocenters. The maximum absolute atomic E-state index is 10.8. The average molecular weight is 387 g/mol. The zero-order valence-electron chi connectivity index (χ0n) is 18.5. The van der Waals surface area contributed by atoms with Crippen LogP contribution in [0.15, 0.2) is 12.1 Å². The van der Waals surface area contributed by atoms with E-state index in [0.717, 1.165) is 42.2 Å². The quantitative estimate of drug-likeness (QED) is 0.469. The molecule has 0 amide bonds. The number of hydrogen-bond donors (Lipinski definition) is 2. The van der Waals surface area contributed by atoms with E-state index < -0.39 is 0 Å². The van der Waals surface area contributed by atoms with Crippen molar-refractivity contribution in [1.29, 1.82) is 0 Å². The summed E-state index contributed by atoms with van der Waals surface area (Å²) in [5, 5.41) is 21.6. The van der Waals surface area contributed by atoms with Crippen LogP contribution in [-0.2, 0) is 5.41 Å². The maximum atomic E-state index is 10.8. The lowest BCUT2D eigenvalue weighted by Crippen LogP contribution is -2.23. The predicted molar refractivity (Wildman–Crippen MR) is 118 cm³/mol. The van der Waals surface area contributed by atoms with Crippen molar-refractivity contribution in [2.75, 3.05) is 0 Å². The summed E-state index contributed by atoms with van der Waals surface area (Å²) in [6, 6.07) is 3.88. The minimum atomic E-state index is -0.0126. The molecule has 1 aromatic rings. The highest BCUT2D eigenvalue weighted by molar-refractivity contribution is 5.50. The Labute approximate surface area is 172 Å². The van der Waals surface area contributed by atoms with Crippen LogP contribution in [-0.4, -0.2) is 10.2 Å². The van der Waals surface area contributed by atoms with Gasteiger partial charge in [-0.3, -0.25) is 0 Å². The van der Waals surface area contributed by atoms with E-state index in [2.05, 4.69) is 20.8 Å². The first-order chi connectivity index (χ1) is 13.4. The molecule has 1 aromatic carbocycles. The van der Waals surface area contributed by atoms with E-state index in [0.29, 0.717) is 17.4 Å². The van der Waals surface area contributed by atoms with Crippen LogP contribution in [0.5, 0.6) is 11.5 Å². The van der Waals surface area contributed by atoms with E-state index >= 15 is 0 Å². The molecule has 0 heterocycles. The van der Waals surface area contributed by atoms with E-state index in [1.807, 2.05) is 12.1 Å². The van der Waals surface area contributed by atoms with E-state index in [-0.39, 0.29) is 5.41 Å². The Morgan fingerprint density at radius 3 is 1.96 bits per heavy atom. The van der Waals surface area contributed by atoms with Crippen LogP contribution >= 0.6 is 0 Å². The molecule has 0 bridgehead atoms. The fraction of sp³-hybridized carbons (Fsp3) is 0.769. The van der Waals surface area contributed by atoms with Gasteiger partial charge in [0.1, 0.15) is 11.5 Å². The summed E-state index contributed by atoms with van der Waals surface area (Å²) in [6.07, 6.45) is 16.6. The normalized spacial score (nSPS) is 24.4. The van der Waals surface area contributed by atoms with Gasteiger partial charge in [0.25, 0.3) is 0 Å². The minimum absolute atomic E-state index is 0.0126. The molecule has 2 saturated carbocycles. The van der Waals surface area contributed by atoms with E-state index in [1.54, 1.807) is 0 Å². The summed E-state index contributed by atoms with van der Waals surface area (Å²) in [7, 11) is 0. The van der Waals surface area contributed by atoms with Crippen molar-refractivity contribution in [1.82, 2.24) is 0 Å². The monoisotopic (exact) mass is 386 g/mol. The molecule has 158 valence electrons. The van der Waals surface area contributed by atoms with E-state index in [4.69, 9.17) is 0 Å². The Balaban J connectivity index is 1.66. The summed E-state index contributed by atoms with van der Waals surface area (Å²) in [6.45, 7) is 6.68. The average Bonchev–Trinajstić information content (AvgIpc) is 2.69. The Hall–Kier alpha value is -1.18. The summed E-state index contributed by atoms with van der Waals surface area (Å²) < 4.78 is 0. The van der Waals surface area contributed by atoms with Crippen molar-refractivity contribution in [3.05, 3.63) is 23.3 Å². The number of aromatic hydroxyl groups is 2. The van der Waals surface area contributed by atoms with E-state index in [1.165, 1.54) is 64.2 Å². The van der Waals surface area contributed by atoms with E-state index in [9.17, 15) is 10.2 Å². The third-order valence-electron chi connectivity index (χ3n) is 7.82. The maximum Gasteiger partial charge on any atom is 0.123 e.